The lowest BCUT2D eigenvalue weighted by Crippen LogP contribution is -2.22. The maximum atomic E-state index is 8.71. The highest BCUT2D eigenvalue weighted by Crippen LogP contribution is 2.01. The second-order valence-corrected chi connectivity index (χ2v) is 3.10. The van der Waals surface area contributed by atoms with E-state index in [0.717, 1.165) is 11.5 Å². The molecule has 0 saturated heterocycles. The van der Waals surface area contributed by atoms with Gasteiger partial charge in [0.1, 0.15) is 5.82 Å². The van der Waals surface area contributed by atoms with Crippen LogP contribution in [0.5, 0.6) is 0 Å². The van der Waals surface area contributed by atoms with Gasteiger partial charge >= 0.3 is 0 Å². The van der Waals surface area contributed by atoms with Crippen molar-refractivity contribution < 1.29 is 5.11 Å². The molecule has 2 N–H and O–H groups in total. The summed E-state index contributed by atoms with van der Waals surface area (Å²) in [6, 6.07) is 0. The van der Waals surface area contributed by atoms with Crippen molar-refractivity contribution in [2.24, 2.45) is 0 Å². The van der Waals surface area contributed by atoms with Crippen molar-refractivity contribution in [2.45, 2.75) is 6.54 Å². The number of nitrogens with one attached hydrogen (secondary N) is 1. The molecule has 0 aliphatic heterocycles. The number of aliphatic hydroxyl groups is 1. The molecule has 1 heterocycles. The van der Waals surface area contributed by atoms with Crippen molar-refractivity contribution in [1.82, 2.24) is 14.9 Å². The molecule has 0 fully saturated rings. The van der Waals surface area contributed by atoms with E-state index < -0.39 is 0 Å². The Labute approximate surface area is 83.8 Å². The summed E-state index contributed by atoms with van der Waals surface area (Å²) >= 11 is 0. The summed E-state index contributed by atoms with van der Waals surface area (Å²) in [4.78, 5) is 10.4. The number of rotatable bonds is 5. The molecule has 0 bridgehead atoms. The van der Waals surface area contributed by atoms with E-state index in [2.05, 4.69) is 15.3 Å². The number of likely N-dealkylation sites (N-methyl/N-ethyl adjacent to an activating group) is 1. The zero-order valence-electron chi connectivity index (χ0n) is 8.56. The van der Waals surface area contributed by atoms with Gasteiger partial charge in [0.05, 0.1) is 24.7 Å². The third-order valence-corrected chi connectivity index (χ3v) is 1.88. The Hall–Kier alpha value is -1.20. The number of hydrogen-bond donors (Lipinski definition) is 2. The van der Waals surface area contributed by atoms with Crippen molar-refractivity contribution in [1.29, 1.82) is 0 Å². The van der Waals surface area contributed by atoms with E-state index in [-0.39, 0.29) is 6.61 Å². The molecule has 5 heteroatoms. The highest BCUT2D eigenvalue weighted by atomic mass is 16.3. The molecule has 1 rings (SSSR count). The number of nitrogens with zero attached hydrogens (tertiary/aromatic N) is 3. The Morgan fingerprint density at radius 1 is 1.43 bits per heavy atom. The SMILES string of the molecule is CNc1cnc(CN(C)CCO)cn1. The van der Waals surface area contributed by atoms with Crippen LogP contribution in [-0.2, 0) is 6.54 Å². The lowest BCUT2D eigenvalue weighted by atomic mass is 10.4. The van der Waals surface area contributed by atoms with Gasteiger partial charge in [-0.1, -0.05) is 0 Å². The standard InChI is InChI=1S/C9H16N4O/c1-10-9-6-11-8(5-12-9)7-13(2)3-4-14/h5-6,14H,3-4,7H2,1-2H3,(H,10,12). The first-order valence-corrected chi connectivity index (χ1v) is 4.54. The Morgan fingerprint density at radius 3 is 2.71 bits per heavy atom. The second kappa shape index (κ2) is 5.51. The van der Waals surface area contributed by atoms with E-state index in [4.69, 9.17) is 5.11 Å². The summed E-state index contributed by atoms with van der Waals surface area (Å²) in [7, 11) is 3.74. The lowest BCUT2D eigenvalue weighted by molar-refractivity contribution is 0.216. The summed E-state index contributed by atoms with van der Waals surface area (Å²) in [6.45, 7) is 1.52. The largest absolute Gasteiger partial charge is 0.395 e. The molecule has 1 aromatic rings. The van der Waals surface area contributed by atoms with Crippen LogP contribution in [0, 0.1) is 0 Å². The van der Waals surface area contributed by atoms with Gasteiger partial charge in [0.2, 0.25) is 0 Å². The first-order chi connectivity index (χ1) is 6.76. The minimum atomic E-state index is 0.165. The van der Waals surface area contributed by atoms with Gasteiger partial charge in [-0.2, -0.15) is 0 Å². The average Bonchev–Trinajstić information content (AvgIpc) is 2.19. The highest BCUT2D eigenvalue weighted by molar-refractivity contribution is 5.29. The molecule has 0 atom stereocenters. The summed E-state index contributed by atoms with van der Waals surface area (Å²) < 4.78 is 0. The van der Waals surface area contributed by atoms with E-state index in [9.17, 15) is 0 Å². The van der Waals surface area contributed by atoms with Gasteiger partial charge in [0, 0.05) is 20.1 Å². The fraction of sp³-hybridized carbons (Fsp3) is 0.556. The van der Waals surface area contributed by atoms with Crippen LogP contribution in [0.2, 0.25) is 0 Å². The molecule has 0 unspecified atom stereocenters. The molecule has 0 spiro atoms. The van der Waals surface area contributed by atoms with Crippen LogP contribution >= 0.6 is 0 Å². The first-order valence-electron chi connectivity index (χ1n) is 4.54. The molecular formula is C9H16N4O. The lowest BCUT2D eigenvalue weighted by Gasteiger charge is -2.13. The predicted octanol–water partition coefficient (Wildman–Crippen LogP) is -0.0576. The van der Waals surface area contributed by atoms with Gasteiger partial charge in [-0.3, -0.25) is 9.88 Å². The van der Waals surface area contributed by atoms with Crippen LogP contribution in [0.3, 0.4) is 0 Å². The van der Waals surface area contributed by atoms with Crippen LogP contribution in [0.25, 0.3) is 0 Å². The first kappa shape index (κ1) is 10.9. The monoisotopic (exact) mass is 196 g/mol. The van der Waals surface area contributed by atoms with E-state index in [1.54, 1.807) is 12.4 Å². The average molecular weight is 196 g/mol. The Balaban J connectivity index is 2.50. The van der Waals surface area contributed by atoms with Crippen molar-refractivity contribution in [3.8, 4) is 0 Å². The van der Waals surface area contributed by atoms with E-state index in [1.165, 1.54) is 0 Å². The zero-order valence-corrected chi connectivity index (χ0v) is 8.56. The fourth-order valence-electron chi connectivity index (χ4n) is 1.09. The molecule has 0 aliphatic carbocycles. The fourth-order valence-corrected chi connectivity index (χ4v) is 1.09. The minimum Gasteiger partial charge on any atom is -0.395 e. The predicted molar refractivity (Wildman–Crippen MR) is 55.0 cm³/mol. The molecular weight excluding hydrogens is 180 g/mol. The summed E-state index contributed by atoms with van der Waals surface area (Å²) in [5.41, 5.74) is 0.903. The van der Waals surface area contributed by atoms with Gasteiger partial charge in [-0.05, 0) is 7.05 Å². The van der Waals surface area contributed by atoms with Crippen molar-refractivity contribution in [3.63, 3.8) is 0 Å². The van der Waals surface area contributed by atoms with Gasteiger partial charge in [-0.25, -0.2) is 4.98 Å². The molecule has 0 aliphatic rings. The second-order valence-electron chi connectivity index (χ2n) is 3.10. The molecule has 0 aromatic carbocycles. The Bertz CT molecular complexity index is 262. The van der Waals surface area contributed by atoms with E-state index in [0.29, 0.717) is 13.1 Å². The minimum absolute atomic E-state index is 0.165. The molecule has 14 heavy (non-hydrogen) atoms. The van der Waals surface area contributed by atoms with E-state index >= 15 is 0 Å². The molecule has 0 radical (unpaired) electrons. The Morgan fingerprint density at radius 2 is 2.21 bits per heavy atom. The molecule has 0 saturated carbocycles. The van der Waals surface area contributed by atoms with Crippen LogP contribution in [0.1, 0.15) is 5.69 Å². The molecule has 0 amide bonds. The number of anilines is 1. The maximum absolute atomic E-state index is 8.71. The zero-order chi connectivity index (χ0) is 10.4. The molecule has 1 aromatic heterocycles. The van der Waals surface area contributed by atoms with Crippen LogP contribution < -0.4 is 5.32 Å². The summed E-state index contributed by atoms with van der Waals surface area (Å²) in [5.74, 6) is 0.763. The highest BCUT2D eigenvalue weighted by Gasteiger charge is 2.00. The van der Waals surface area contributed by atoms with Gasteiger partial charge in [0.15, 0.2) is 0 Å². The number of aromatic nitrogens is 2. The smallest absolute Gasteiger partial charge is 0.144 e. The topological polar surface area (TPSA) is 61.3 Å². The third-order valence-electron chi connectivity index (χ3n) is 1.88. The van der Waals surface area contributed by atoms with Gasteiger partial charge < -0.3 is 10.4 Å². The summed E-state index contributed by atoms with van der Waals surface area (Å²) in [5, 5.41) is 11.6. The van der Waals surface area contributed by atoms with E-state index in [1.807, 2.05) is 19.0 Å². The van der Waals surface area contributed by atoms with Crippen molar-refractivity contribution >= 4 is 5.82 Å². The number of hydrogen-bond acceptors (Lipinski definition) is 5. The molecule has 5 nitrogen and oxygen atoms in total. The van der Waals surface area contributed by atoms with Crippen molar-refractivity contribution in [3.05, 3.63) is 18.1 Å². The summed E-state index contributed by atoms with van der Waals surface area (Å²) in [6.07, 6.45) is 3.43. The van der Waals surface area contributed by atoms with Crippen molar-refractivity contribution in [2.75, 3.05) is 32.6 Å². The Kier molecular flexibility index (Phi) is 4.28. The van der Waals surface area contributed by atoms with Crippen LogP contribution in [-0.4, -0.2) is 47.2 Å². The maximum Gasteiger partial charge on any atom is 0.144 e. The van der Waals surface area contributed by atoms with Crippen LogP contribution in [0.4, 0.5) is 5.82 Å². The normalized spacial score (nSPS) is 10.6. The molecule has 78 valence electrons. The third kappa shape index (κ3) is 3.27. The van der Waals surface area contributed by atoms with Gasteiger partial charge in [-0.15, -0.1) is 0 Å². The van der Waals surface area contributed by atoms with Crippen LogP contribution in [0.15, 0.2) is 12.4 Å². The quantitative estimate of drug-likeness (QED) is 0.691. The van der Waals surface area contributed by atoms with Gasteiger partial charge in [0.25, 0.3) is 0 Å². The number of aliphatic hydroxyl groups excluding tert-OH is 1.